The lowest BCUT2D eigenvalue weighted by Gasteiger charge is -2.25. The van der Waals surface area contributed by atoms with Crippen LogP contribution in [0.25, 0.3) is 12.2 Å². The molecule has 0 heterocycles. The van der Waals surface area contributed by atoms with E-state index in [1.54, 1.807) is 7.11 Å². The van der Waals surface area contributed by atoms with Crippen LogP contribution in [0.15, 0.2) is 95.8 Å². The Hall–Kier alpha value is -1.33. The van der Waals surface area contributed by atoms with Gasteiger partial charge in [0.05, 0.1) is 6.10 Å². The van der Waals surface area contributed by atoms with Crippen molar-refractivity contribution in [2.24, 2.45) is 5.92 Å². The molecule has 0 bridgehead atoms. The molecule has 3 aliphatic carbocycles. The van der Waals surface area contributed by atoms with E-state index >= 15 is 0 Å². The van der Waals surface area contributed by atoms with Gasteiger partial charge in [-0.3, -0.25) is 0 Å². The molecule has 3 aliphatic rings. The van der Waals surface area contributed by atoms with E-state index in [2.05, 4.69) is 163 Å². The highest BCUT2D eigenvalue weighted by atomic mass is 79.9. The maximum atomic E-state index is 5.53. The highest BCUT2D eigenvalue weighted by Gasteiger charge is 2.32. The van der Waals surface area contributed by atoms with Gasteiger partial charge >= 0.3 is 0 Å². The Morgan fingerprint density at radius 1 is 0.651 bits per heavy atom. The van der Waals surface area contributed by atoms with Crippen molar-refractivity contribution in [3.05, 3.63) is 129 Å². The Kier molecular flexibility index (Phi) is 9.70. The van der Waals surface area contributed by atoms with E-state index in [0.29, 0.717) is 5.92 Å². The van der Waals surface area contributed by atoms with Gasteiger partial charge in [-0.1, -0.05) is 136 Å². The van der Waals surface area contributed by atoms with Crippen molar-refractivity contribution in [1.82, 2.24) is 0 Å². The molecule has 0 saturated heterocycles. The summed E-state index contributed by atoms with van der Waals surface area (Å²) < 4.78 is 10.3. The summed E-state index contributed by atoms with van der Waals surface area (Å²) in [4.78, 5) is 0. The smallest absolute Gasteiger partial charge is 0.0863 e. The van der Waals surface area contributed by atoms with Gasteiger partial charge in [-0.05, 0) is 121 Å². The normalized spacial score (nSPS) is 18.1. The van der Waals surface area contributed by atoms with Crippen LogP contribution in [0, 0.1) is 5.92 Å². The second-order valence-corrected chi connectivity index (χ2v) is 17.3. The van der Waals surface area contributed by atoms with Gasteiger partial charge in [-0.25, -0.2) is 0 Å². The number of ether oxygens (including phenoxy) is 1. The van der Waals surface area contributed by atoms with Crippen LogP contribution in [0.2, 0.25) is 0 Å². The van der Waals surface area contributed by atoms with E-state index in [4.69, 9.17) is 4.74 Å². The highest BCUT2D eigenvalue weighted by Crippen LogP contribution is 2.45. The minimum absolute atomic E-state index is 0.233. The number of hydrogen-bond acceptors (Lipinski definition) is 1. The molecule has 2 atom stereocenters. The molecule has 4 aromatic carbocycles. The number of allylic oxidation sites excluding steroid dienone is 2. The second-order valence-electron chi connectivity index (χ2n) is 11.7. The minimum Gasteiger partial charge on any atom is -0.376 e. The third-order valence-corrected chi connectivity index (χ3v) is 14.0. The number of methoxy groups -OCH3 is 1. The zero-order chi connectivity index (χ0) is 30.4. The number of fused-ring (bicyclic) bond motifs is 3. The van der Waals surface area contributed by atoms with Crippen LogP contribution in [-0.4, -0.2) is 7.11 Å². The van der Waals surface area contributed by atoms with Crippen molar-refractivity contribution in [3.8, 4) is 0 Å². The Morgan fingerprint density at radius 2 is 1.16 bits per heavy atom. The fourth-order valence-electron chi connectivity index (χ4n) is 6.68. The molecule has 0 aromatic heterocycles. The first-order valence-corrected chi connectivity index (χ1v) is 19.0. The van der Waals surface area contributed by atoms with Gasteiger partial charge in [-0.15, -0.1) is 0 Å². The van der Waals surface area contributed by atoms with E-state index in [1.165, 1.54) is 73.9 Å². The van der Waals surface area contributed by atoms with Gasteiger partial charge in [0.1, 0.15) is 0 Å². The van der Waals surface area contributed by atoms with Crippen LogP contribution in [0.4, 0.5) is 0 Å². The van der Waals surface area contributed by atoms with Crippen LogP contribution in [0.3, 0.4) is 0 Å². The van der Waals surface area contributed by atoms with Crippen LogP contribution in [-0.2, 0) is 24.0 Å². The van der Waals surface area contributed by atoms with Crippen molar-refractivity contribution < 1.29 is 4.74 Å². The predicted molar refractivity (Wildman–Crippen MR) is 200 cm³/mol. The highest BCUT2D eigenvalue weighted by molar-refractivity contribution is 9.11. The lowest BCUT2D eigenvalue weighted by molar-refractivity contribution is 0.0690. The molecule has 4 aromatic rings. The molecular weight excluding hydrogens is 811 g/mol. The van der Waals surface area contributed by atoms with Crippen molar-refractivity contribution in [2.75, 3.05) is 7.11 Å². The quantitative estimate of drug-likeness (QED) is 0.186. The Morgan fingerprint density at radius 3 is 1.70 bits per heavy atom. The summed E-state index contributed by atoms with van der Waals surface area (Å²) in [6.45, 7) is 6.71. The molecule has 7 rings (SSSR count). The molecule has 0 amide bonds. The van der Waals surface area contributed by atoms with Crippen LogP contribution >= 0.6 is 71.6 Å². The van der Waals surface area contributed by atoms with E-state index < -0.39 is 7.92 Å². The van der Waals surface area contributed by atoms with E-state index in [0.717, 1.165) is 23.7 Å². The molecule has 0 radical (unpaired) electrons. The monoisotopic (exact) mass is 840 g/mol. The average molecular weight is 844 g/mol. The minimum atomic E-state index is -0.623. The van der Waals surface area contributed by atoms with Crippen LogP contribution in [0.5, 0.6) is 0 Å². The lowest BCUT2D eigenvalue weighted by atomic mass is 10.1. The summed E-state index contributed by atoms with van der Waals surface area (Å²) in [5, 5.41) is 4.41. The first kappa shape index (κ1) is 31.6. The summed E-state index contributed by atoms with van der Waals surface area (Å²) in [6.07, 6.45) is 8.11. The van der Waals surface area contributed by atoms with Crippen molar-refractivity contribution >= 4 is 99.7 Å². The first-order valence-electron chi connectivity index (χ1n) is 14.5. The summed E-state index contributed by atoms with van der Waals surface area (Å²) in [5.41, 5.74) is 11.3. The van der Waals surface area contributed by atoms with Gasteiger partial charge in [0, 0.05) is 25.0 Å². The number of halogens is 4. The maximum Gasteiger partial charge on any atom is 0.0863 e. The maximum absolute atomic E-state index is 5.53. The summed E-state index contributed by atoms with van der Waals surface area (Å²) in [7, 11) is 1.16. The summed E-state index contributed by atoms with van der Waals surface area (Å²) >= 11 is 14.8. The van der Waals surface area contributed by atoms with E-state index in [1.807, 2.05) is 0 Å². The van der Waals surface area contributed by atoms with Crippen LogP contribution < -0.4 is 15.9 Å². The molecule has 0 aliphatic heterocycles. The standard InChI is InChI=1S/C26H21Br2P.C11H12Br2O/c1-16-12-19-21(14-16)25(10-8-23(19)27)29(18-6-4-3-5-7-18)26-11-9-24(28)20-13-17(2)15-22(20)26;1-6-5-7-8(12)3-4-9(13)10(7)11(6)14-2/h3-13H,14-15H2,1-2H3;3-4,6,11H,5H2,1-2H3. The van der Waals surface area contributed by atoms with Gasteiger partial charge in [0.15, 0.2) is 0 Å². The van der Waals surface area contributed by atoms with Gasteiger partial charge < -0.3 is 4.74 Å². The molecule has 1 nitrogen and oxygen atoms in total. The third-order valence-electron chi connectivity index (χ3n) is 8.58. The van der Waals surface area contributed by atoms with Crippen molar-refractivity contribution in [2.45, 2.75) is 46.1 Å². The largest absolute Gasteiger partial charge is 0.376 e. The summed E-state index contributed by atoms with van der Waals surface area (Å²) in [6, 6.07) is 24.4. The van der Waals surface area contributed by atoms with Gasteiger partial charge in [0.25, 0.3) is 0 Å². The third kappa shape index (κ3) is 6.12. The Bertz CT molecular complexity index is 1700. The van der Waals surface area contributed by atoms with Crippen molar-refractivity contribution in [3.63, 3.8) is 0 Å². The zero-order valence-corrected chi connectivity index (χ0v) is 31.9. The number of benzene rings is 4. The molecule has 43 heavy (non-hydrogen) atoms. The summed E-state index contributed by atoms with van der Waals surface area (Å²) in [5.74, 6) is 0.560. The molecule has 0 N–H and O–H groups in total. The fourth-order valence-corrected chi connectivity index (χ4v) is 11.4. The Balaban J connectivity index is 0.000000197. The lowest BCUT2D eigenvalue weighted by Crippen LogP contribution is -2.26. The predicted octanol–water partition coefficient (Wildman–Crippen LogP) is 11.0. The molecule has 0 fully saturated rings. The van der Waals surface area contributed by atoms with Gasteiger partial charge in [0.2, 0.25) is 0 Å². The molecule has 220 valence electrons. The van der Waals surface area contributed by atoms with E-state index in [-0.39, 0.29) is 6.10 Å². The van der Waals surface area contributed by atoms with Gasteiger partial charge in [-0.2, -0.15) is 0 Å². The topological polar surface area (TPSA) is 9.23 Å². The Labute approximate surface area is 290 Å². The zero-order valence-electron chi connectivity index (χ0n) is 24.6. The molecule has 2 unspecified atom stereocenters. The van der Waals surface area contributed by atoms with Crippen LogP contribution in [0.1, 0.15) is 60.3 Å². The SMILES string of the molecule is CC1=Cc2c(Br)ccc(P(c3ccccc3)c3ccc(Br)c4c3CC(C)=C4)c2C1.COC1c2c(Br)ccc(Br)c2CC1C. The average Bonchev–Trinajstić information content (AvgIpc) is 3.69. The molecule has 0 saturated carbocycles. The van der Waals surface area contributed by atoms with Crippen molar-refractivity contribution in [1.29, 1.82) is 0 Å². The molecule has 6 heteroatoms. The first-order chi connectivity index (χ1) is 20.7. The number of hydrogen-bond donors (Lipinski definition) is 0. The molecule has 0 spiro atoms. The number of rotatable bonds is 4. The molecular formula is C37H33Br4OP. The van der Waals surface area contributed by atoms with E-state index in [9.17, 15) is 0 Å². The fraction of sp³-hybridized carbons (Fsp3) is 0.243. The second kappa shape index (κ2) is 13.2.